The van der Waals surface area contributed by atoms with Crippen molar-refractivity contribution in [2.45, 2.75) is 0 Å². The van der Waals surface area contributed by atoms with Crippen LogP contribution in [0.25, 0.3) is 11.1 Å². The molecule has 0 atom stereocenters. The molecule has 13 heavy (non-hydrogen) atoms. The van der Waals surface area contributed by atoms with Gasteiger partial charge in [-0.1, -0.05) is 18.2 Å². The third-order valence-corrected chi connectivity index (χ3v) is 1.92. The van der Waals surface area contributed by atoms with E-state index in [9.17, 15) is 0 Å². The molecule has 1 aliphatic carbocycles. The normalized spacial score (nSPS) is 10.3. The number of anilines is 1. The molecule has 3 heteroatoms. The molecule has 0 saturated heterocycles. The molecule has 0 N–H and O–H groups in total. The van der Waals surface area contributed by atoms with Crippen molar-refractivity contribution in [2.75, 3.05) is 19.0 Å². The number of nitrogens with zero attached hydrogens (tertiary/aromatic N) is 3. The van der Waals surface area contributed by atoms with Gasteiger partial charge in [-0.15, -0.1) is 0 Å². The lowest BCUT2D eigenvalue weighted by molar-refractivity contribution is 1.02. The molecule has 0 fully saturated rings. The van der Waals surface area contributed by atoms with Gasteiger partial charge in [0, 0.05) is 37.6 Å². The molecule has 0 aromatic carbocycles. The van der Waals surface area contributed by atoms with Crippen LogP contribution in [0.4, 0.5) is 5.95 Å². The van der Waals surface area contributed by atoms with Crippen molar-refractivity contribution in [1.29, 1.82) is 0 Å². The van der Waals surface area contributed by atoms with E-state index >= 15 is 0 Å². The first kappa shape index (κ1) is 7.98. The number of hydrogen-bond donors (Lipinski definition) is 0. The Labute approximate surface area is 77.4 Å². The van der Waals surface area contributed by atoms with Gasteiger partial charge in [0.05, 0.1) is 0 Å². The van der Waals surface area contributed by atoms with Crippen LogP contribution in [0.5, 0.6) is 0 Å². The van der Waals surface area contributed by atoms with Crippen LogP contribution >= 0.6 is 0 Å². The third kappa shape index (κ3) is 1.45. The van der Waals surface area contributed by atoms with Crippen molar-refractivity contribution in [3.8, 4) is 11.1 Å². The number of rotatable bonds is 1. The molecule has 1 aliphatic heterocycles. The van der Waals surface area contributed by atoms with E-state index in [1.165, 1.54) is 0 Å². The van der Waals surface area contributed by atoms with Gasteiger partial charge < -0.3 is 4.90 Å². The minimum atomic E-state index is 0.733. The highest BCUT2D eigenvalue weighted by atomic mass is 15.2. The van der Waals surface area contributed by atoms with Crippen LogP contribution in [0.15, 0.2) is 30.6 Å². The first-order valence-corrected chi connectivity index (χ1v) is 4.15. The Bertz CT molecular complexity index is 353. The first-order valence-electron chi connectivity index (χ1n) is 4.15. The van der Waals surface area contributed by atoms with Gasteiger partial charge >= 0.3 is 0 Å². The Morgan fingerprint density at radius 1 is 1.00 bits per heavy atom. The lowest BCUT2D eigenvalue weighted by Gasteiger charge is -2.05. The number of fused-ring (bicyclic) bond motifs is 1. The standard InChI is InChI=1S/C10H11N3/c1-13(2)10-11-6-8-4-3-5-9(8)7-12-10/h3-7H,1-2H3. The van der Waals surface area contributed by atoms with E-state index in [1.54, 1.807) is 0 Å². The predicted molar refractivity (Wildman–Crippen MR) is 53.0 cm³/mol. The summed E-state index contributed by atoms with van der Waals surface area (Å²) in [6, 6.07) is 6.07. The van der Waals surface area contributed by atoms with Crippen molar-refractivity contribution < 1.29 is 0 Å². The van der Waals surface area contributed by atoms with Gasteiger partial charge in [-0.05, 0) is 0 Å². The minimum absolute atomic E-state index is 0.733. The average molecular weight is 173 g/mol. The van der Waals surface area contributed by atoms with Gasteiger partial charge in [0.2, 0.25) is 5.95 Å². The summed E-state index contributed by atoms with van der Waals surface area (Å²) in [4.78, 5) is 10.4. The van der Waals surface area contributed by atoms with E-state index in [1.807, 2.05) is 49.6 Å². The highest BCUT2D eigenvalue weighted by Gasteiger charge is 2.01. The highest BCUT2D eigenvalue weighted by Crippen LogP contribution is 2.19. The molecule has 0 unspecified atom stereocenters. The number of aromatic nitrogens is 2. The molecule has 0 spiro atoms. The molecule has 3 nitrogen and oxygen atoms in total. The van der Waals surface area contributed by atoms with E-state index < -0.39 is 0 Å². The summed E-state index contributed by atoms with van der Waals surface area (Å²) >= 11 is 0. The van der Waals surface area contributed by atoms with Crippen LogP contribution in [0.1, 0.15) is 0 Å². The summed E-state index contributed by atoms with van der Waals surface area (Å²) in [5.41, 5.74) is 2.25. The number of hydrogen-bond acceptors (Lipinski definition) is 3. The van der Waals surface area contributed by atoms with Crippen LogP contribution in [-0.4, -0.2) is 24.1 Å². The molecular weight excluding hydrogens is 162 g/mol. The van der Waals surface area contributed by atoms with Gasteiger partial charge in [-0.25, -0.2) is 9.97 Å². The Morgan fingerprint density at radius 3 is 2.00 bits per heavy atom. The zero-order valence-electron chi connectivity index (χ0n) is 7.73. The van der Waals surface area contributed by atoms with Crippen LogP contribution in [-0.2, 0) is 0 Å². The van der Waals surface area contributed by atoms with Gasteiger partial charge in [-0.3, -0.25) is 0 Å². The largest absolute Gasteiger partial charge is 0.347 e. The molecule has 2 aliphatic rings. The quantitative estimate of drug-likeness (QED) is 0.656. The zero-order valence-corrected chi connectivity index (χ0v) is 7.73. The molecule has 66 valence electrons. The molecule has 0 amide bonds. The monoisotopic (exact) mass is 173 g/mol. The van der Waals surface area contributed by atoms with E-state index in [4.69, 9.17) is 0 Å². The second-order valence-electron chi connectivity index (χ2n) is 3.15. The summed E-state index contributed by atoms with van der Waals surface area (Å²) in [7, 11) is 3.86. The van der Waals surface area contributed by atoms with Crippen molar-refractivity contribution in [1.82, 2.24) is 9.97 Å². The van der Waals surface area contributed by atoms with Gasteiger partial charge in [-0.2, -0.15) is 0 Å². The van der Waals surface area contributed by atoms with E-state index in [0.717, 1.165) is 17.1 Å². The molecular formula is C10H11N3. The Balaban J connectivity index is 2.55. The SMILES string of the molecule is CN(C)c1ncc2cccc-2cn1. The second-order valence-corrected chi connectivity index (χ2v) is 3.15. The summed E-state index contributed by atoms with van der Waals surface area (Å²) < 4.78 is 0. The molecule has 0 aromatic heterocycles. The fourth-order valence-corrected chi connectivity index (χ4v) is 1.20. The maximum Gasteiger partial charge on any atom is 0.224 e. The Hall–Kier alpha value is -1.64. The molecule has 0 radical (unpaired) electrons. The molecule has 2 rings (SSSR count). The molecule has 0 bridgehead atoms. The second kappa shape index (κ2) is 3.01. The molecule has 0 saturated carbocycles. The third-order valence-electron chi connectivity index (χ3n) is 1.92. The van der Waals surface area contributed by atoms with E-state index in [0.29, 0.717) is 0 Å². The van der Waals surface area contributed by atoms with E-state index in [2.05, 4.69) is 9.97 Å². The van der Waals surface area contributed by atoms with Crippen molar-refractivity contribution >= 4 is 5.95 Å². The maximum absolute atomic E-state index is 4.26. The summed E-state index contributed by atoms with van der Waals surface area (Å²) in [6.07, 6.45) is 3.69. The smallest absolute Gasteiger partial charge is 0.224 e. The fourth-order valence-electron chi connectivity index (χ4n) is 1.20. The maximum atomic E-state index is 4.26. The highest BCUT2D eigenvalue weighted by molar-refractivity contribution is 5.64. The molecule has 0 aromatic rings. The van der Waals surface area contributed by atoms with E-state index in [-0.39, 0.29) is 0 Å². The summed E-state index contributed by atoms with van der Waals surface area (Å²) in [6.45, 7) is 0. The van der Waals surface area contributed by atoms with Crippen LogP contribution in [0.3, 0.4) is 0 Å². The first-order chi connectivity index (χ1) is 6.27. The fraction of sp³-hybridized carbons (Fsp3) is 0.200. The van der Waals surface area contributed by atoms with Crippen LogP contribution in [0.2, 0.25) is 0 Å². The zero-order chi connectivity index (χ0) is 9.26. The average Bonchev–Trinajstić information content (AvgIpc) is 2.44. The Morgan fingerprint density at radius 2 is 1.54 bits per heavy atom. The van der Waals surface area contributed by atoms with Gasteiger partial charge in [0.1, 0.15) is 0 Å². The van der Waals surface area contributed by atoms with Crippen molar-refractivity contribution in [2.24, 2.45) is 0 Å². The Kier molecular flexibility index (Phi) is 1.85. The lowest BCUT2D eigenvalue weighted by atomic mass is 10.2. The van der Waals surface area contributed by atoms with Crippen LogP contribution < -0.4 is 4.90 Å². The predicted octanol–water partition coefficient (Wildman–Crippen LogP) is 1.65. The van der Waals surface area contributed by atoms with Gasteiger partial charge in [0.25, 0.3) is 0 Å². The summed E-state index contributed by atoms with van der Waals surface area (Å²) in [5.74, 6) is 0.733. The van der Waals surface area contributed by atoms with Gasteiger partial charge in [0.15, 0.2) is 0 Å². The molecule has 1 heterocycles. The van der Waals surface area contributed by atoms with Crippen molar-refractivity contribution in [3.63, 3.8) is 0 Å². The van der Waals surface area contributed by atoms with Crippen molar-refractivity contribution in [3.05, 3.63) is 30.6 Å². The lowest BCUT2D eigenvalue weighted by Crippen LogP contribution is -2.10. The summed E-state index contributed by atoms with van der Waals surface area (Å²) in [5, 5.41) is 0. The van der Waals surface area contributed by atoms with Crippen LogP contribution in [0, 0.1) is 0 Å². The minimum Gasteiger partial charge on any atom is -0.347 e. The topological polar surface area (TPSA) is 29.0 Å².